The molecule has 1 aromatic carbocycles. The maximum atomic E-state index is 14.0. The van der Waals surface area contributed by atoms with Gasteiger partial charge in [0, 0.05) is 20.1 Å². The van der Waals surface area contributed by atoms with Gasteiger partial charge < -0.3 is 5.11 Å². The summed E-state index contributed by atoms with van der Waals surface area (Å²) < 4.78 is 78.5. The molecule has 1 saturated heterocycles. The lowest BCUT2D eigenvalue weighted by atomic mass is 9.98. The average Bonchev–Trinajstić information content (AvgIpc) is 2.53. The number of hydrogen-bond donors (Lipinski definition) is 1. The molecule has 2 rings (SSSR count). The molecule has 0 amide bonds. The van der Waals surface area contributed by atoms with Crippen LogP contribution in [0.4, 0.5) is 23.2 Å². The molecule has 1 aliphatic heterocycles. The van der Waals surface area contributed by atoms with Crippen LogP contribution in [0.25, 0.3) is 0 Å². The normalized spacial score (nSPS) is 17.5. The summed E-state index contributed by atoms with van der Waals surface area (Å²) in [6.45, 7) is -0.655. The second-order valence-corrected chi connectivity index (χ2v) is 7.62. The van der Waals surface area contributed by atoms with Crippen LogP contribution in [0.1, 0.15) is 23.2 Å². The summed E-state index contributed by atoms with van der Waals surface area (Å²) in [5, 5.41) is 8.79. The van der Waals surface area contributed by atoms with Gasteiger partial charge in [0.1, 0.15) is 5.82 Å². The van der Waals surface area contributed by atoms with Crippen LogP contribution in [0.15, 0.2) is 18.2 Å². The molecule has 11 heteroatoms. The third-order valence-corrected chi connectivity index (χ3v) is 6.03. The molecule has 6 nitrogen and oxygen atoms in total. The number of carboxylic acids is 1. The predicted molar refractivity (Wildman–Crippen MR) is 81.0 cm³/mol. The molecule has 0 aliphatic carbocycles. The van der Waals surface area contributed by atoms with Crippen molar-refractivity contribution < 1.29 is 35.9 Å². The van der Waals surface area contributed by atoms with E-state index >= 15 is 0 Å². The van der Waals surface area contributed by atoms with E-state index in [1.807, 2.05) is 0 Å². The number of carbonyl (C=O) groups is 1. The van der Waals surface area contributed by atoms with Crippen LogP contribution in [-0.4, -0.2) is 50.1 Å². The summed E-state index contributed by atoms with van der Waals surface area (Å²) in [6, 6.07) is 2.72. The molecule has 1 aliphatic rings. The molecule has 1 aromatic rings. The van der Waals surface area contributed by atoms with Crippen LogP contribution in [0, 0.1) is 11.7 Å². The van der Waals surface area contributed by atoms with Crippen LogP contribution < -0.4 is 4.31 Å². The molecule has 1 heterocycles. The number of benzene rings is 1. The van der Waals surface area contributed by atoms with Crippen LogP contribution in [0.2, 0.25) is 0 Å². The molecule has 0 unspecified atom stereocenters. The summed E-state index contributed by atoms with van der Waals surface area (Å²) in [6.07, 6.45) is -5.10. The zero-order valence-electron chi connectivity index (χ0n) is 13.1. The lowest BCUT2D eigenvalue weighted by Crippen LogP contribution is -2.47. The Morgan fingerprint density at radius 3 is 2.28 bits per heavy atom. The standard InChI is InChI=1S/C14H16F4N2O4S/c1-19(12-3-2-9(13(21)22)8-11(12)15)25(23,24)20-6-4-10(5-7-20)14(16,17)18/h2-3,8,10H,4-7H2,1H3,(H,21,22). The topological polar surface area (TPSA) is 77.9 Å². The largest absolute Gasteiger partial charge is 0.478 e. The third kappa shape index (κ3) is 4.03. The fourth-order valence-corrected chi connectivity index (χ4v) is 4.02. The van der Waals surface area contributed by atoms with Gasteiger partial charge in [-0.1, -0.05) is 0 Å². The molecule has 1 fully saturated rings. The van der Waals surface area contributed by atoms with Gasteiger partial charge in [0.15, 0.2) is 0 Å². The van der Waals surface area contributed by atoms with Gasteiger partial charge in [-0.2, -0.15) is 25.9 Å². The fraction of sp³-hybridized carbons (Fsp3) is 0.500. The molecule has 0 aromatic heterocycles. The van der Waals surface area contributed by atoms with Crippen molar-refractivity contribution >= 4 is 21.9 Å². The first-order chi connectivity index (χ1) is 11.4. The maximum Gasteiger partial charge on any atom is 0.391 e. The predicted octanol–water partition coefficient (Wildman–Crippen LogP) is 2.48. The van der Waals surface area contributed by atoms with Gasteiger partial charge in [-0.15, -0.1) is 0 Å². The highest BCUT2D eigenvalue weighted by atomic mass is 32.2. The molecule has 0 radical (unpaired) electrons. The minimum absolute atomic E-state index is 0.328. The first-order valence-corrected chi connectivity index (χ1v) is 8.68. The zero-order valence-corrected chi connectivity index (χ0v) is 13.9. The highest BCUT2D eigenvalue weighted by molar-refractivity contribution is 7.90. The van der Waals surface area contributed by atoms with E-state index in [1.54, 1.807) is 0 Å². The second kappa shape index (κ2) is 6.79. The van der Waals surface area contributed by atoms with Crippen molar-refractivity contribution in [2.75, 3.05) is 24.4 Å². The first kappa shape index (κ1) is 19.4. The molecular formula is C14H16F4N2O4S. The van der Waals surface area contributed by atoms with E-state index in [0.717, 1.165) is 23.5 Å². The summed E-state index contributed by atoms with van der Waals surface area (Å²) >= 11 is 0. The number of alkyl halides is 3. The zero-order chi connectivity index (χ0) is 19.0. The number of hydrogen-bond acceptors (Lipinski definition) is 3. The van der Waals surface area contributed by atoms with Gasteiger partial charge in [0.2, 0.25) is 0 Å². The summed E-state index contributed by atoms with van der Waals surface area (Å²) in [7, 11) is -3.17. The smallest absolute Gasteiger partial charge is 0.391 e. The Labute approximate surface area is 141 Å². The van der Waals surface area contributed by atoms with E-state index in [9.17, 15) is 30.8 Å². The maximum absolute atomic E-state index is 14.0. The second-order valence-electron chi connectivity index (χ2n) is 5.66. The van der Waals surface area contributed by atoms with Gasteiger partial charge >= 0.3 is 22.4 Å². The van der Waals surface area contributed by atoms with Crippen molar-refractivity contribution in [3.05, 3.63) is 29.6 Å². The summed E-state index contributed by atoms with van der Waals surface area (Å²) in [4.78, 5) is 10.8. The quantitative estimate of drug-likeness (QED) is 0.809. The molecule has 1 N–H and O–H groups in total. The summed E-state index contributed by atoms with van der Waals surface area (Å²) in [5.74, 6) is -3.99. The van der Waals surface area contributed by atoms with Gasteiger partial charge in [-0.25, -0.2) is 9.18 Å². The first-order valence-electron chi connectivity index (χ1n) is 7.28. The number of rotatable bonds is 4. The Morgan fingerprint density at radius 2 is 1.84 bits per heavy atom. The monoisotopic (exact) mass is 384 g/mol. The van der Waals surface area contributed by atoms with Gasteiger partial charge in [0.25, 0.3) is 0 Å². The Balaban J connectivity index is 2.19. The highest BCUT2D eigenvalue weighted by Gasteiger charge is 2.43. The van der Waals surface area contributed by atoms with Crippen LogP contribution in [0.5, 0.6) is 0 Å². The van der Waals surface area contributed by atoms with Crippen molar-refractivity contribution in [3.63, 3.8) is 0 Å². The Kier molecular flexibility index (Phi) is 5.28. The van der Waals surface area contributed by atoms with Crippen LogP contribution in [0.3, 0.4) is 0 Å². The number of anilines is 1. The summed E-state index contributed by atoms with van der Waals surface area (Å²) in [5.41, 5.74) is -0.735. The lowest BCUT2D eigenvalue weighted by molar-refractivity contribution is -0.182. The van der Waals surface area contributed by atoms with Crippen molar-refractivity contribution in [1.82, 2.24) is 4.31 Å². The van der Waals surface area contributed by atoms with Crippen molar-refractivity contribution in [3.8, 4) is 0 Å². The van der Waals surface area contributed by atoms with E-state index in [4.69, 9.17) is 5.11 Å². The van der Waals surface area contributed by atoms with E-state index in [1.165, 1.54) is 0 Å². The number of halogens is 4. The van der Waals surface area contributed by atoms with Crippen LogP contribution >= 0.6 is 0 Å². The fourth-order valence-electron chi connectivity index (χ4n) is 2.61. The van der Waals surface area contributed by atoms with Crippen molar-refractivity contribution in [1.29, 1.82) is 0 Å². The SMILES string of the molecule is CN(c1ccc(C(=O)O)cc1F)S(=O)(=O)N1CCC(C(F)(F)F)CC1. The number of aromatic carboxylic acids is 1. The lowest BCUT2D eigenvalue weighted by Gasteiger charge is -2.34. The van der Waals surface area contributed by atoms with Gasteiger partial charge in [0.05, 0.1) is 17.2 Å². The van der Waals surface area contributed by atoms with Gasteiger partial charge in [-0.3, -0.25) is 4.31 Å². The van der Waals surface area contributed by atoms with E-state index in [2.05, 4.69) is 0 Å². The van der Waals surface area contributed by atoms with Crippen LogP contribution in [-0.2, 0) is 10.2 Å². The molecule has 140 valence electrons. The van der Waals surface area contributed by atoms with E-state index in [-0.39, 0.29) is 37.2 Å². The molecular weight excluding hydrogens is 368 g/mol. The number of piperidine rings is 1. The minimum Gasteiger partial charge on any atom is -0.478 e. The minimum atomic E-state index is -4.37. The Hall–Kier alpha value is -1.88. The van der Waals surface area contributed by atoms with E-state index < -0.39 is 34.1 Å². The average molecular weight is 384 g/mol. The molecule has 0 saturated carbocycles. The number of carboxylic acid groups (broad SMARTS) is 1. The highest BCUT2D eigenvalue weighted by Crippen LogP contribution is 2.35. The Morgan fingerprint density at radius 1 is 1.28 bits per heavy atom. The van der Waals surface area contributed by atoms with Gasteiger partial charge in [-0.05, 0) is 31.0 Å². The molecule has 0 bridgehead atoms. The van der Waals surface area contributed by atoms with Crippen molar-refractivity contribution in [2.45, 2.75) is 19.0 Å². The molecule has 25 heavy (non-hydrogen) atoms. The number of nitrogens with zero attached hydrogens (tertiary/aromatic N) is 2. The van der Waals surface area contributed by atoms with Crippen molar-refractivity contribution in [2.24, 2.45) is 5.92 Å². The molecule has 0 atom stereocenters. The molecule has 0 spiro atoms. The Bertz CT molecular complexity index is 759. The third-order valence-electron chi connectivity index (χ3n) is 4.12. The van der Waals surface area contributed by atoms with E-state index in [0.29, 0.717) is 10.4 Å².